The second kappa shape index (κ2) is 6.04. The summed E-state index contributed by atoms with van der Waals surface area (Å²) in [6.07, 6.45) is 0.713. The van der Waals surface area contributed by atoms with Crippen LogP contribution in [0.25, 0.3) is 0 Å². The topological polar surface area (TPSA) is 54.9 Å². The fourth-order valence-electron chi connectivity index (χ4n) is 1.72. The Balaban J connectivity index is 2.16. The molecule has 0 aliphatic heterocycles. The third-order valence-electron chi connectivity index (χ3n) is 2.83. The Kier molecular flexibility index (Phi) is 4.39. The number of carbonyl (C=O) groups excluding carboxylic acids is 1. The number of aromatic nitrogens is 2. The Hall–Kier alpha value is -1.89. The Morgan fingerprint density at radius 1 is 1.40 bits per heavy atom. The van der Waals surface area contributed by atoms with Gasteiger partial charge in [0.2, 0.25) is 11.9 Å². The third kappa shape index (κ3) is 2.98. The van der Waals surface area contributed by atoms with Crippen LogP contribution in [0.2, 0.25) is 0 Å². The number of nitrogens with one attached hydrogen (secondary N) is 1. The first-order valence-electron chi connectivity index (χ1n) is 6.10. The highest BCUT2D eigenvalue weighted by atomic mass is 32.1. The molecule has 1 N–H and O–H groups in total. The Morgan fingerprint density at radius 3 is 2.60 bits per heavy atom. The van der Waals surface area contributed by atoms with Crippen molar-refractivity contribution in [2.24, 2.45) is 0 Å². The van der Waals surface area contributed by atoms with E-state index in [0.29, 0.717) is 6.42 Å². The van der Waals surface area contributed by atoms with Crippen molar-refractivity contribution in [3.8, 4) is 0 Å². The molecular weight excluding hydrogens is 284 g/mol. The van der Waals surface area contributed by atoms with Crippen molar-refractivity contribution in [3.05, 3.63) is 40.4 Å². The summed E-state index contributed by atoms with van der Waals surface area (Å²) in [5, 5.41) is 3.25. The molecule has 20 heavy (non-hydrogen) atoms. The predicted octanol–water partition coefficient (Wildman–Crippen LogP) is 3.12. The van der Waals surface area contributed by atoms with Crippen molar-refractivity contribution in [2.45, 2.75) is 26.2 Å². The molecule has 0 fully saturated rings. The molecule has 2 aromatic rings. The van der Waals surface area contributed by atoms with Crippen molar-refractivity contribution in [3.63, 3.8) is 0 Å². The predicted molar refractivity (Wildman–Crippen MR) is 72.7 cm³/mol. The van der Waals surface area contributed by atoms with Crippen LogP contribution in [-0.4, -0.2) is 15.3 Å². The average molecular weight is 297 g/mol. The summed E-state index contributed by atoms with van der Waals surface area (Å²) in [6, 6.07) is 3.51. The number of aryl methyl sites for hydroxylation is 1. The van der Waals surface area contributed by atoms with Crippen LogP contribution in [0, 0.1) is 11.6 Å². The minimum absolute atomic E-state index is 0.167. The molecule has 0 aliphatic carbocycles. The molecular formula is C13H13F2N3OS. The molecule has 106 valence electrons. The smallest absolute Gasteiger partial charge is 0.241 e. The van der Waals surface area contributed by atoms with E-state index in [9.17, 15) is 13.6 Å². The van der Waals surface area contributed by atoms with Gasteiger partial charge in [0.1, 0.15) is 16.6 Å². The standard InChI is InChI=1S/C13H13F2N3OS/c1-3-10-16-13(18-20-10)17-12(19)7(2)11-8(14)5-4-6-9(11)15/h4-7H,3H2,1-2H3,(H,17,18,19). The van der Waals surface area contributed by atoms with E-state index in [4.69, 9.17) is 0 Å². The van der Waals surface area contributed by atoms with Gasteiger partial charge in [-0.1, -0.05) is 13.0 Å². The lowest BCUT2D eigenvalue weighted by Gasteiger charge is -2.12. The Bertz CT molecular complexity index is 610. The molecule has 4 nitrogen and oxygen atoms in total. The summed E-state index contributed by atoms with van der Waals surface area (Å²) in [4.78, 5) is 16.1. The lowest BCUT2D eigenvalue weighted by molar-refractivity contribution is -0.117. The van der Waals surface area contributed by atoms with Crippen LogP contribution in [0.3, 0.4) is 0 Å². The first-order valence-corrected chi connectivity index (χ1v) is 6.87. The molecule has 0 spiro atoms. The molecule has 0 aliphatic rings. The maximum atomic E-state index is 13.6. The SMILES string of the molecule is CCc1nc(NC(=O)C(C)c2c(F)cccc2F)ns1. The number of anilines is 1. The largest absolute Gasteiger partial charge is 0.293 e. The molecule has 1 aromatic heterocycles. The van der Waals surface area contributed by atoms with Gasteiger partial charge in [0.25, 0.3) is 0 Å². The number of rotatable bonds is 4. The van der Waals surface area contributed by atoms with Gasteiger partial charge in [-0.3, -0.25) is 10.1 Å². The maximum Gasteiger partial charge on any atom is 0.241 e. The normalized spacial score (nSPS) is 12.2. The first kappa shape index (κ1) is 14.5. The molecule has 1 unspecified atom stereocenters. The summed E-state index contributed by atoms with van der Waals surface area (Å²) < 4.78 is 31.2. The number of nitrogens with zero attached hydrogens (tertiary/aromatic N) is 2. The molecule has 2 rings (SSSR count). The zero-order chi connectivity index (χ0) is 14.7. The molecule has 7 heteroatoms. The van der Waals surface area contributed by atoms with Gasteiger partial charge in [-0.05, 0) is 37.0 Å². The summed E-state index contributed by atoms with van der Waals surface area (Å²) in [5.41, 5.74) is -0.254. The Morgan fingerprint density at radius 2 is 2.05 bits per heavy atom. The van der Waals surface area contributed by atoms with Gasteiger partial charge in [-0.2, -0.15) is 4.37 Å². The molecule has 1 aromatic carbocycles. The highest BCUT2D eigenvalue weighted by Crippen LogP contribution is 2.23. The number of hydrogen-bond acceptors (Lipinski definition) is 4. The van der Waals surface area contributed by atoms with Crippen molar-refractivity contribution < 1.29 is 13.6 Å². The lowest BCUT2D eigenvalue weighted by Crippen LogP contribution is -2.21. The molecule has 0 radical (unpaired) electrons. The van der Waals surface area contributed by atoms with E-state index in [-0.39, 0.29) is 11.5 Å². The van der Waals surface area contributed by atoms with E-state index < -0.39 is 23.5 Å². The van der Waals surface area contributed by atoms with E-state index in [0.717, 1.165) is 17.1 Å². The van der Waals surface area contributed by atoms with Crippen LogP contribution in [-0.2, 0) is 11.2 Å². The molecule has 0 bridgehead atoms. The van der Waals surface area contributed by atoms with Crippen molar-refractivity contribution in [1.29, 1.82) is 0 Å². The molecule has 0 saturated carbocycles. The Labute approximate surface area is 119 Å². The summed E-state index contributed by atoms with van der Waals surface area (Å²) >= 11 is 1.18. The molecule has 0 saturated heterocycles. The fourth-order valence-corrected chi connectivity index (χ4v) is 2.26. The zero-order valence-corrected chi connectivity index (χ0v) is 11.8. The summed E-state index contributed by atoms with van der Waals surface area (Å²) in [5.74, 6) is -2.83. The number of benzene rings is 1. The monoisotopic (exact) mass is 297 g/mol. The quantitative estimate of drug-likeness (QED) is 0.943. The third-order valence-corrected chi connectivity index (χ3v) is 3.69. The second-order valence-corrected chi connectivity index (χ2v) is 5.05. The van der Waals surface area contributed by atoms with Crippen LogP contribution in [0.15, 0.2) is 18.2 Å². The maximum absolute atomic E-state index is 13.6. The van der Waals surface area contributed by atoms with E-state index in [2.05, 4.69) is 14.7 Å². The van der Waals surface area contributed by atoms with Gasteiger partial charge >= 0.3 is 0 Å². The summed E-state index contributed by atoms with van der Waals surface area (Å²) in [7, 11) is 0. The fraction of sp³-hybridized carbons (Fsp3) is 0.308. The lowest BCUT2D eigenvalue weighted by atomic mass is 9.99. The number of carbonyl (C=O) groups is 1. The highest BCUT2D eigenvalue weighted by Gasteiger charge is 2.23. The van der Waals surface area contributed by atoms with E-state index in [1.807, 2.05) is 6.92 Å². The van der Waals surface area contributed by atoms with Gasteiger partial charge in [0, 0.05) is 5.56 Å². The minimum atomic E-state index is -0.968. The summed E-state index contributed by atoms with van der Waals surface area (Å²) in [6.45, 7) is 3.35. The van der Waals surface area contributed by atoms with Crippen LogP contribution in [0.4, 0.5) is 14.7 Å². The van der Waals surface area contributed by atoms with Gasteiger partial charge < -0.3 is 0 Å². The number of halogens is 2. The number of amides is 1. The van der Waals surface area contributed by atoms with Crippen LogP contribution >= 0.6 is 11.5 Å². The van der Waals surface area contributed by atoms with Gasteiger partial charge in [-0.15, -0.1) is 0 Å². The van der Waals surface area contributed by atoms with Gasteiger partial charge in [-0.25, -0.2) is 13.8 Å². The van der Waals surface area contributed by atoms with Crippen LogP contribution < -0.4 is 5.32 Å². The average Bonchev–Trinajstić information content (AvgIpc) is 2.86. The van der Waals surface area contributed by atoms with E-state index in [1.165, 1.54) is 24.5 Å². The molecule has 1 amide bonds. The minimum Gasteiger partial charge on any atom is -0.293 e. The highest BCUT2D eigenvalue weighted by molar-refractivity contribution is 7.05. The molecule has 1 heterocycles. The van der Waals surface area contributed by atoms with Gasteiger partial charge in [0.05, 0.1) is 5.92 Å². The van der Waals surface area contributed by atoms with E-state index >= 15 is 0 Å². The van der Waals surface area contributed by atoms with Crippen molar-refractivity contribution in [1.82, 2.24) is 9.36 Å². The van der Waals surface area contributed by atoms with E-state index in [1.54, 1.807) is 0 Å². The van der Waals surface area contributed by atoms with Crippen LogP contribution in [0.5, 0.6) is 0 Å². The zero-order valence-electron chi connectivity index (χ0n) is 11.0. The first-order chi connectivity index (χ1) is 9.52. The molecule has 1 atom stereocenters. The van der Waals surface area contributed by atoms with Crippen LogP contribution in [0.1, 0.15) is 30.3 Å². The van der Waals surface area contributed by atoms with Crippen molar-refractivity contribution in [2.75, 3.05) is 5.32 Å². The van der Waals surface area contributed by atoms with Crippen molar-refractivity contribution >= 4 is 23.4 Å². The second-order valence-electron chi connectivity index (χ2n) is 4.21. The number of hydrogen-bond donors (Lipinski definition) is 1. The van der Waals surface area contributed by atoms with Gasteiger partial charge in [0.15, 0.2) is 0 Å².